The summed E-state index contributed by atoms with van der Waals surface area (Å²) in [6, 6.07) is 8.96. The minimum Gasteiger partial charge on any atom is -0.351 e. The number of rotatable bonds is 6. The van der Waals surface area contributed by atoms with Crippen molar-refractivity contribution in [2.75, 3.05) is 13.1 Å². The third-order valence-corrected chi connectivity index (χ3v) is 5.80. The highest BCUT2D eigenvalue weighted by atomic mass is 79.9. The van der Waals surface area contributed by atoms with E-state index in [4.69, 9.17) is 0 Å². The Hall–Kier alpha value is -1.77. The van der Waals surface area contributed by atoms with Crippen LogP contribution in [0, 0.1) is 19.7 Å². The van der Waals surface area contributed by atoms with Crippen molar-refractivity contribution < 1.29 is 17.6 Å². The molecule has 1 amide bonds. The van der Waals surface area contributed by atoms with E-state index < -0.39 is 21.7 Å². The van der Waals surface area contributed by atoms with Crippen LogP contribution in [0.2, 0.25) is 0 Å². The van der Waals surface area contributed by atoms with Crippen molar-refractivity contribution in [1.29, 1.82) is 0 Å². The quantitative estimate of drug-likeness (QED) is 0.694. The number of halogens is 2. The monoisotopic (exact) mass is 428 g/mol. The Balaban J connectivity index is 1.95. The molecule has 0 aliphatic rings. The molecule has 0 fully saturated rings. The van der Waals surface area contributed by atoms with E-state index in [1.807, 2.05) is 13.0 Å². The van der Waals surface area contributed by atoms with Crippen molar-refractivity contribution in [2.45, 2.75) is 18.7 Å². The number of carbonyl (C=O) groups excluding carboxylic acids is 1. The van der Waals surface area contributed by atoms with E-state index in [1.54, 1.807) is 19.1 Å². The smallest absolute Gasteiger partial charge is 0.252 e. The zero-order valence-corrected chi connectivity index (χ0v) is 16.2. The van der Waals surface area contributed by atoms with E-state index in [0.29, 0.717) is 10.0 Å². The van der Waals surface area contributed by atoms with E-state index in [-0.39, 0.29) is 23.5 Å². The number of aryl methyl sites for hydroxylation is 2. The van der Waals surface area contributed by atoms with Gasteiger partial charge in [0.2, 0.25) is 10.0 Å². The predicted octanol–water partition coefficient (Wildman–Crippen LogP) is 2.91. The highest BCUT2D eigenvalue weighted by Crippen LogP contribution is 2.18. The maximum absolute atomic E-state index is 13.2. The lowest BCUT2D eigenvalue weighted by Crippen LogP contribution is -2.35. The maximum atomic E-state index is 13.2. The van der Waals surface area contributed by atoms with E-state index in [0.717, 1.165) is 11.6 Å². The van der Waals surface area contributed by atoms with Gasteiger partial charge < -0.3 is 5.32 Å². The van der Waals surface area contributed by atoms with Crippen LogP contribution in [0.5, 0.6) is 0 Å². The second-order valence-corrected chi connectivity index (χ2v) is 8.14. The largest absolute Gasteiger partial charge is 0.351 e. The second kappa shape index (κ2) is 8.07. The molecule has 2 rings (SSSR count). The summed E-state index contributed by atoms with van der Waals surface area (Å²) in [5, 5.41) is 2.55. The maximum Gasteiger partial charge on any atom is 0.252 e. The predicted molar refractivity (Wildman–Crippen MR) is 97.5 cm³/mol. The minimum absolute atomic E-state index is 0.0222. The third kappa shape index (κ3) is 5.10. The van der Waals surface area contributed by atoms with Crippen LogP contribution >= 0.6 is 15.9 Å². The molecule has 25 heavy (non-hydrogen) atoms. The van der Waals surface area contributed by atoms with Crippen molar-refractivity contribution in [3.8, 4) is 0 Å². The summed E-state index contributed by atoms with van der Waals surface area (Å²) in [4.78, 5) is 12.2. The van der Waals surface area contributed by atoms with Crippen LogP contribution in [0.3, 0.4) is 0 Å². The van der Waals surface area contributed by atoms with Crippen LogP contribution in [0.25, 0.3) is 0 Å². The van der Waals surface area contributed by atoms with Gasteiger partial charge in [0.15, 0.2) is 0 Å². The standard InChI is InChI=1S/C17H18BrFN2O3S/c1-11-3-4-12(2)16(9-11)25(23,24)21-8-7-20-17(22)14-10-13(19)5-6-15(14)18/h3-6,9-10,21H,7-8H2,1-2H3,(H,20,22). The van der Waals surface area contributed by atoms with Gasteiger partial charge in [-0.25, -0.2) is 17.5 Å². The first-order chi connectivity index (χ1) is 11.7. The van der Waals surface area contributed by atoms with Crippen LogP contribution in [-0.4, -0.2) is 27.4 Å². The molecule has 134 valence electrons. The summed E-state index contributed by atoms with van der Waals surface area (Å²) in [7, 11) is -3.66. The Bertz CT molecular complexity index is 901. The lowest BCUT2D eigenvalue weighted by atomic mass is 10.2. The molecule has 2 aromatic rings. The van der Waals surface area contributed by atoms with Gasteiger partial charge in [0.05, 0.1) is 10.5 Å². The Morgan fingerprint density at radius 1 is 1.12 bits per heavy atom. The molecule has 0 saturated carbocycles. The molecule has 5 nitrogen and oxygen atoms in total. The van der Waals surface area contributed by atoms with Gasteiger partial charge in [-0.05, 0) is 65.2 Å². The molecule has 0 saturated heterocycles. The van der Waals surface area contributed by atoms with E-state index in [2.05, 4.69) is 26.0 Å². The van der Waals surface area contributed by atoms with Gasteiger partial charge in [-0.3, -0.25) is 4.79 Å². The zero-order chi connectivity index (χ0) is 18.6. The SMILES string of the molecule is Cc1ccc(C)c(S(=O)(=O)NCCNC(=O)c2cc(F)ccc2Br)c1. The van der Waals surface area contributed by atoms with Crippen molar-refractivity contribution in [3.63, 3.8) is 0 Å². The van der Waals surface area contributed by atoms with Crippen molar-refractivity contribution in [1.82, 2.24) is 10.0 Å². The fourth-order valence-corrected chi connectivity index (χ4v) is 3.99. The average molecular weight is 429 g/mol. The topological polar surface area (TPSA) is 75.3 Å². The van der Waals surface area contributed by atoms with Gasteiger partial charge in [0.25, 0.3) is 5.91 Å². The second-order valence-electron chi connectivity index (χ2n) is 5.55. The van der Waals surface area contributed by atoms with Gasteiger partial charge >= 0.3 is 0 Å². The zero-order valence-electron chi connectivity index (χ0n) is 13.8. The summed E-state index contributed by atoms with van der Waals surface area (Å²) >= 11 is 3.18. The minimum atomic E-state index is -3.66. The summed E-state index contributed by atoms with van der Waals surface area (Å²) in [5.74, 6) is -1.01. The molecule has 0 unspecified atom stereocenters. The van der Waals surface area contributed by atoms with Gasteiger partial charge in [0, 0.05) is 17.6 Å². The summed E-state index contributed by atoms with van der Waals surface area (Å²) < 4.78 is 40.8. The lowest BCUT2D eigenvalue weighted by molar-refractivity contribution is 0.0953. The van der Waals surface area contributed by atoms with Crippen molar-refractivity contribution in [2.24, 2.45) is 0 Å². The van der Waals surface area contributed by atoms with Crippen LogP contribution < -0.4 is 10.0 Å². The fraction of sp³-hybridized carbons (Fsp3) is 0.235. The van der Waals surface area contributed by atoms with Crippen molar-refractivity contribution >= 4 is 31.9 Å². The molecule has 0 radical (unpaired) electrons. The van der Waals surface area contributed by atoms with Crippen molar-refractivity contribution in [3.05, 3.63) is 63.4 Å². The molecule has 2 aromatic carbocycles. The highest BCUT2D eigenvalue weighted by Gasteiger charge is 2.17. The van der Waals surface area contributed by atoms with Crippen LogP contribution in [0.4, 0.5) is 4.39 Å². The van der Waals surface area contributed by atoms with Gasteiger partial charge in [-0.2, -0.15) is 0 Å². The van der Waals surface area contributed by atoms with Gasteiger partial charge in [-0.1, -0.05) is 12.1 Å². The Morgan fingerprint density at radius 2 is 1.84 bits per heavy atom. The van der Waals surface area contributed by atoms with Gasteiger partial charge in [0.1, 0.15) is 5.82 Å². The molecule has 0 aromatic heterocycles. The van der Waals surface area contributed by atoms with E-state index in [9.17, 15) is 17.6 Å². The first-order valence-electron chi connectivity index (χ1n) is 7.51. The molecule has 8 heteroatoms. The lowest BCUT2D eigenvalue weighted by Gasteiger charge is -2.11. The van der Waals surface area contributed by atoms with Crippen LogP contribution in [0.1, 0.15) is 21.5 Å². The number of amides is 1. The number of hydrogen-bond acceptors (Lipinski definition) is 3. The normalized spacial score (nSPS) is 11.4. The molecule has 0 heterocycles. The number of hydrogen-bond donors (Lipinski definition) is 2. The molecule has 0 bridgehead atoms. The molecular weight excluding hydrogens is 411 g/mol. The molecule has 0 atom stereocenters. The first-order valence-corrected chi connectivity index (χ1v) is 9.78. The molecule has 0 spiro atoms. The number of sulfonamides is 1. The average Bonchev–Trinajstić information content (AvgIpc) is 2.55. The molecular formula is C17H18BrFN2O3S. The fourth-order valence-electron chi connectivity index (χ4n) is 2.20. The number of nitrogens with one attached hydrogen (secondary N) is 2. The van der Waals surface area contributed by atoms with E-state index in [1.165, 1.54) is 12.1 Å². The Kier molecular flexibility index (Phi) is 6.31. The number of benzene rings is 2. The van der Waals surface area contributed by atoms with Crippen LogP contribution in [0.15, 0.2) is 45.8 Å². The Labute approximate surface area is 154 Å². The summed E-state index contributed by atoms with van der Waals surface area (Å²) in [6.07, 6.45) is 0. The molecule has 0 aliphatic heterocycles. The molecule has 2 N–H and O–H groups in total. The van der Waals surface area contributed by atoms with E-state index >= 15 is 0 Å². The summed E-state index contributed by atoms with van der Waals surface area (Å²) in [5.41, 5.74) is 1.64. The van der Waals surface area contributed by atoms with Gasteiger partial charge in [-0.15, -0.1) is 0 Å². The third-order valence-electron chi connectivity index (χ3n) is 3.51. The summed E-state index contributed by atoms with van der Waals surface area (Å²) in [6.45, 7) is 3.63. The van der Waals surface area contributed by atoms with Crippen LogP contribution in [-0.2, 0) is 10.0 Å². The Morgan fingerprint density at radius 3 is 2.56 bits per heavy atom. The highest BCUT2D eigenvalue weighted by molar-refractivity contribution is 9.10. The molecule has 0 aliphatic carbocycles. The first kappa shape index (κ1) is 19.6. The number of carbonyl (C=O) groups is 1.